The maximum absolute atomic E-state index is 15.4. The smallest absolute Gasteiger partial charge is 0.375 e. The summed E-state index contributed by atoms with van der Waals surface area (Å²) in [5, 5.41) is 4.07. The van der Waals surface area contributed by atoms with Crippen molar-refractivity contribution in [3.63, 3.8) is 0 Å². The van der Waals surface area contributed by atoms with Crippen molar-refractivity contribution in [2.45, 2.75) is 37.4 Å². The predicted molar refractivity (Wildman–Crippen MR) is 144 cm³/mol. The van der Waals surface area contributed by atoms with E-state index in [0.29, 0.717) is 30.4 Å². The molecule has 0 spiro atoms. The highest BCUT2D eigenvalue weighted by molar-refractivity contribution is 7.80. The zero-order chi connectivity index (χ0) is 26.7. The number of hydrogen-bond acceptors (Lipinski definition) is 5. The van der Waals surface area contributed by atoms with E-state index in [0.717, 1.165) is 55.7 Å². The zero-order valence-corrected chi connectivity index (χ0v) is 21.7. The first-order chi connectivity index (χ1) is 17.5. The molecule has 0 aromatic heterocycles. The molecule has 2 aromatic carbocycles. The fourth-order valence-electron chi connectivity index (χ4n) is 5.13. The van der Waals surface area contributed by atoms with E-state index < -0.39 is 11.7 Å². The third-order valence-electron chi connectivity index (χ3n) is 7.25. The van der Waals surface area contributed by atoms with Gasteiger partial charge in [-0.05, 0) is 81.3 Å². The predicted octanol–water partition coefficient (Wildman–Crippen LogP) is 4.54. The van der Waals surface area contributed by atoms with E-state index in [2.05, 4.69) is 34.4 Å². The van der Waals surface area contributed by atoms with E-state index >= 15 is 4.39 Å². The number of benzene rings is 2. The molecule has 11 heteroatoms. The number of alkyl halides is 3. The van der Waals surface area contributed by atoms with E-state index in [1.54, 1.807) is 12.1 Å². The van der Waals surface area contributed by atoms with E-state index in [4.69, 9.17) is 18.0 Å². The van der Waals surface area contributed by atoms with Crippen LogP contribution in [0.4, 0.5) is 28.9 Å². The van der Waals surface area contributed by atoms with Gasteiger partial charge in [-0.25, -0.2) is 4.39 Å². The van der Waals surface area contributed by atoms with Gasteiger partial charge in [0.05, 0.1) is 17.5 Å². The number of hydrogen-bond donors (Lipinski definition) is 2. The monoisotopic (exact) mass is 536 g/mol. The number of likely N-dealkylation sites (N-methyl/N-ethyl adjacent to an activating group) is 1. The van der Waals surface area contributed by atoms with Gasteiger partial charge in [-0.2, -0.15) is 18.3 Å². The average Bonchev–Trinajstić information content (AvgIpc) is 3.34. The minimum atomic E-state index is -4.35. The maximum atomic E-state index is 15.4. The zero-order valence-electron chi connectivity index (χ0n) is 20.9. The summed E-state index contributed by atoms with van der Waals surface area (Å²) >= 11 is 4.80. The van der Waals surface area contributed by atoms with Gasteiger partial charge in [0.25, 0.3) is 0 Å². The lowest BCUT2D eigenvalue weighted by Gasteiger charge is -2.35. The summed E-state index contributed by atoms with van der Waals surface area (Å²) < 4.78 is 54.1. The number of thiocarbonyl (C=S) groups is 1. The van der Waals surface area contributed by atoms with Crippen LogP contribution in [0.5, 0.6) is 0 Å². The largest absolute Gasteiger partial charge is 0.416 e. The van der Waals surface area contributed by atoms with Crippen LogP contribution in [0.1, 0.15) is 41.9 Å². The second-order valence-corrected chi connectivity index (χ2v) is 10.3. The van der Waals surface area contributed by atoms with E-state index in [1.165, 1.54) is 12.3 Å². The Labute approximate surface area is 220 Å². The van der Waals surface area contributed by atoms with Crippen molar-refractivity contribution >= 4 is 34.9 Å². The van der Waals surface area contributed by atoms with Crippen molar-refractivity contribution in [1.82, 2.24) is 10.3 Å². The lowest BCUT2D eigenvalue weighted by molar-refractivity contribution is -0.137. The number of anilines is 2. The Bertz CT molecular complexity index is 1130. The molecule has 1 unspecified atom stereocenters. The van der Waals surface area contributed by atoms with Crippen LogP contribution in [0.3, 0.4) is 0 Å². The molecule has 4 rings (SSSR count). The Hall–Kier alpha value is -2.92. The molecule has 0 saturated carbocycles. The molecule has 3 N–H and O–H groups in total. The molecule has 37 heavy (non-hydrogen) atoms. The molecule has 0 radical (unpaired) electrons. The SMILES string of the molecule is CN(C)C1CCN(c2cc(N3CCC(c4ccc(C(F)(F)F)cc4)CC3)c(F)cc2/C=N/NC(N)=S)C1. The number of rotatable bonds is 6. The van der Waals surface area contributed by atoms with Crippen LogP contribution in [0.25, 0.3) is 0 Å². The number of nitrogens with two attached hydrogens (primary N) is 1. The number of hydrazone groups is 1. The Morgan fingerprint density at radius 2 is 1.70 bits per heavy atom. The number of piperidine rings is 1. The van der Waals surface area contributed by atoms with Gasteiger partial charge in [-0.15, -0.1) is 0 Å². The molecule has 6 nitrogen and oxygen atoms in total. The minimum Gasteiger partial charge on any atom is -0.375 e. The summed E-state index contributed by atoms with van der Waals surface area (Å²) in [7, 11) is 4.11. The van der Waals surface area contributed by atoms with Crippen molar-refractivity contribution in [3.05, 3.63) is 58.9 Å². The molecule has 2 heterocycles. The number of nitrogens with one attached hydrogen (secondary N) is 1. The lowest BCUT2D eigenvalue weighted by Crippen LogP contribution is -2.34. The molecular weight excluding hydrogens is 504 g/mol. The van der Waals surface area contributed by atoms with Crippen molar-refractivity contribution in [2.24, 2.45) is 10.8 Å². The Morgan fingerprint density at radius 1 is 1.05 bits per heavy atom. The van der Waals surface area contributed by atoms with Crippen molar-refractivity contribution in [3.8, 4) is 0 Å². The molecular formula is C26H32F4N6S. The minimum absolute atomic E-state index is 0.0275. The van der Waals surface area contributed by atoms with Crippen LogP contribution in [0.15, 0.2) is 41.5 Å². The summed E-state index contributed by atoms with van der Waals surface area (Å²) in [4.78, 5) is 6.45. The highest BCUT2D eigenvalue weighted by Crippen LogP contribution is 2.37. The van der Waals surface area contributed by atoms with Crippen LogP contribution in [0.2, 0.25) is 0 Å². The summed E-state index contributed by atoms with van der Waals surface area (Å²) in [5.41, 5.74) is 10.3. The molecule has 2 aliphatic heterocycles. The summed E-state index contributed by atoms with van der Waals surface area (Å²) in [6.45, 7) is 2.88. The highest BCUT2D eigenvalue weighted by atomic mass is 32.1. The molecule has 2 aliphatic rings. The second-order valence-electron chi connectivity index (χ2n) is 9.83. The first-order valence-electron chi connectivity index (χ1n) is 12.3. The summed E-state index contributed by atoms with van der Waals surface area (Å²) in [6.07, 6.45) is -0.357. The molecule has 0 amide bonds. The molecule has 0 aliphatic carbocycles. The van der Waals surface area contributed by atoms with Gasteiger partial charge in [0.15, 0.2) is 5.11 Å². The molecule has 2 fully saturated rings. The van der Waals surface area contributed by atoms with Gasteiger partial charge in [0.2, 0.25) is 0 Å². The Balaban J connectivity index is 1.53. The number of halogens is 4. The third kappa shape index (κ3) is 6.51. The molecule has 2 saturated heterocycles. The van der Waals surface area contributed by atoms with Crippen molar-refractivity contribution < 1.29 is 17.6 Å². The van der Waals surface area contributed by atoms with E-state index in [9.17, 15) is 13.2 Å². The summed E-state index contributed by atoms with van der Waals surface area (Å²) in [6, 6.07) is 9.16. The third-order valence-corrected chi connectivity index (χ3v) is 7.35. The molecule has 0 bridgehead atoms. The van der Waals surface area contributed by atoms with Crippen molar-refractivity contribution in [1.29, 1.82) is 0 Å². The van der Waals surface area contributed by atoms with E-state index in [1.807, 2.05) is 11.0 Å². The van der Waals surface area contributed by atoms with Crippen LogP contribution < -0.4 is 21.0 Å². The van der Waals surface area contributed by atoms with Crippen molar-refractivity contribution in [2.75, 3.05) is 50.1 Å². The topological polar surface area (TPSA) is 60.1 Å². The summed E-state index contributed by atoms with van der Waals surface area (Å²) in [5.74, 6) is -0.213. The van der Waals surface area contributed by atoms with Gasteiger partial charge < -0.3 is 20.4 Å². The Morgan fingerprint density at radius 3 is 2.27 bits per heavy atom. The first-order valence-corrected chi connectivity index (χ1v) is 12.7. The van der Waals surface area contributed by atoms with E-state index in [-0.39, 0.29) is 16.8 Å². The quantitative estimate of drug-likeness (QED) is 0.245. The van der Waals surface area contributed by atoms with Gasteiger partial charge in [0, 0.05) is 43.5 Å². The molecule has 1 atom stereocenters. The van der Waals surface area contributed by atoms with Gasteiger partial charge in [-0.1, -0.05) is 12.1 Å². The molecule has 200 valence electrons. The normalized spacial score (nSPS) is 19.3. The standard InChI is InChI=1S/C26H32F4N6S/c1-34(2)21-9-12-36(16-21)23-14-24(22(27)13-19(23)15-32-33-25(31)37)35-10-7-18(8-11-35)17-3-5-20(6-4-17)26(28,29)30/h3-6,13-15,18,21H,7-12,16H2,1-2H3,(H3,31,33,37)/b32-15+. The first kappa shape index (κ1) is 27.1. The van der Waals surface area contributed by atoms with Crippen LogP contribution in [-0.2, 0) is 6.18 Å². The number of nitrogens with zero attached hydrogens (tertiary/aromatic N) is 4. The second kappa shape index (κ2) is 11.2. The molecule has 2 aromatic rings. The lowest BCUT2D eigenvalue weighted by atomic mass is 9.88. The Kier molecular flexibility index (Phi) is 8.23. The van der Waals surface area contributed by atoms with Crippen LogP contribution in [0, 0.1) is 5.82 Å². The van der Waals surface area contributed by atoms with Crippen LogP contribution >= 0.6 is 12.2 Å². The van der Waals surface area contributed by atoms with Gasteiger partial charge >= 0.3 is 6.18 Å². The maximum Gasteiger partial charge on any atom is 0.416 e. The highest BCUT2D eigenvalue weighted by Gasteiger charge is 2.31. The van der Waals surface area contributed by atoms with Gasteiger partial charge in [-0.3, -0.25) is 5.43 Å². The van der Waals surface area contributed by atoms with Gasteiger partial charge in [0.1, 0.15) is 5.82 Å². The van der Waals surface area contributed by atoms with Crippen LogP contribution in [-0.4, -0.2) is 62.5 Å². The fourth-order valence-corrected chi connectivity index (χ4v) is 5.18. The average molecular weight is 537 g/mol. The fraction of sp³-hybridized carbons (Fsp3) is 0.462.